The van der Waals surface area contributed by atoms with Crippen LogP contribution in [0, 0.1) is 0 Å². The Morgan fingerprint density at radius 2 is 2.40 bits per heavy atom. The van der Waals surface area contributed by atoms with E-state index in [4.69, 9.17) is 26.2 Å². The van der Waals surface area contributed by atoms with Gasteiger partial charge in [-0.2, -0.15) is 0 Å². The van der Waals surface area contributed by atoms with Crippen LogP contribution >= 0.6 is 22.9 Å². The summed E-state index contributed by atoms with van der Waals surface area (Å²) in [5.74, 6) is -0.963. The number of rotatable bonds is 5. The number of carboxylic acid groups (broad SMARTS) is 1. The van der Waals surface area contributed by atoms with Crippen molar-refractivity contribution in [2.75, 3.05) is 13.7 Å². The average molecular weight is 249 g/mol. The van der Waals surface area contributed by atoms with E-state index in [9.17, 15) is 4.79 Å². The number of carbonyl (C=O) groups is 1. The van der Waals surface area contributed by atoms with Gasteiger partial charge in [-0.15, -0.1) is 0 Å². The summed E-state index contributed by atoms with van der Waals surface area (Å²) in [6.07, 6.45) is 1.51. The number of hydrogen-bond acceptors (Lipinski definition) is 4. The van der Waals surface area contributed by atoms with Crippen molar-refractivity contribution in [1.82, 2.24) is 0 Å². The van der Waals surface area contributed by atoms with Crippen LogP contribution < -0.4 is 9.47 Å². The monoisotopic (exact) mass is 248 g/mol. The zero-order valence-corrected chi connectivity index (χ0v) is 9.52. The Hall–Kier alpha value is -1.20. The normalized spacial score (nSPS) is 9.73. The van der Waals surface area contributed by atoms with Gasteiger partial charge in [-0.05, 0) is 0 Å². The molecule has 0 saturated carbocycles. The molecule has 0 fully saturated rings. The van der Waals surface area contributed by atoms with Crippen molar-refractivity contribution < 1.29 is 19.4 Å². The molecule has 82 valence electrons. The van der Waals surface area contributed by atoms with Gasteiger partial charge in [-0.25, -0.2) is 4.79 Å². The molecule has 6 heteroatoms. The fraction of sp³-hybridized carbons (Fsp3) is 0.222. The Morgan fingerprint density at radius 3 is 2.87 bits per heavy atom. The third-order valence-electron chi connectivity index (χ3n) is 1.50. The van der Waals surface area contributed by atoms with E-state index in [2.05, 4.69) is 6.58 Å². The van der Waals surface area contributed by atoms with Crippen LogP contribution in [-0.4, -0.2) is 24.8 Å². The smallest absolute Gasteiger partial charge is 0.349 e. The van der Waals surface area contributed by atoms with Crippen molar-refractivity contribution in [3.05, 3.63) is 22.6 Å². The summed E-state index contributed by atoms with van der Waals surface area (Å²) in [7, 11) is 1.42. The van der Waals surface area contributed by atoms with E-state index >= 15 is 0 Å². The number of aromatic carboxylic acids is 1. The van der Waals surface area contributed by atoms with Crippen LogP contribution in [0.25, 0.3) is 0 Å². The first-order valence-corrected chi connectivity index (χ1v) is 5.14. The second kappa shape index (κ2) is 5.04. The summed E-state index contributed by atoms with van der Waals surface area (Å²) >= 11 is 6.80. The van der Waals surface area contributed by atoms with E-state index in [1.165, 1.54) is 13.2 Å². The predicted octanol–water partition coefficient (Wildman–Crippen LogP) is 2.67. The molecule has 0 aromatic carbocycles. The van der Waals surface area contributed by atoms with Gasteiger partial charge < -0.3 is 14.6 Å². The number of thiophene rings is 1. The Kier molecular flexibility index (Phi) is 3.99. The second-order valence-corrected chi connectivity index (χ2v) is 3.83. The summed E-state index contributed by atoms with van der Waals surface area (Å²) in [5.41, 5.74) is 0. The first kappa shape index (κ1) is 11.9. The zero-order valence-electron chi connectivity index (χ0n) is 7.95. The largest absolute Gasteiger partial charge is 0.486 e. The molecule has 0 atom stereocenters. The van der Waals surface area contributed by atoms with Crippen molar-refractivity contribution in [2.24, 2.45) is 0 Å². The fourth-order valence-electron chi connectivity index (χ4n) is 0.919. The molecule has 1 heterocycles. The number of ether oxygens (including phenoxy) is 2. The van der Waals surface area contributed by atoms with Gasteiger partial charge in [-0.1, -0.05) is 35.6 Å². The standard InChI is InChI=1S/C9H9ClO4S/c1-3-4-14-6-5(10)9(13-2)15-7(6)8(11)12/h3H,1,4H2,2H3,(H,11,12). The van der Waals surface area contributed by atoms with Gasteiger partial charge >= 0.3 is 5.97 Å². The highest BCUT2D eigenvalue weighted by atomic mass is 35.5. The van der Waals surface area contributed by atoms with E-state index in [1.54, 1.807) is 0 Å². The third-order valence-corrected chi connectivity index (χ3v) is 3.08. The molecular formula is C9H9ClO4S. The quantitative estimate of drug-likeness (QED) is 0.814. The van der Waals surface area contributed by atoms with Crippen LogP contribution in [0.1, 0.15) is 9.67 Å². The van der Waals surface area contributed by atoms with E-state index in [0.29, 0.717) is 5.06 Å². The molecule has 0 spiro atoms. The van der Waals surface area contributed by atoms with Crippen LogP contribution in [0.15, 0.2) is 12.7 Å². The lowest BCUT2D eigenvalue weighted by molar-refractivity contribution is 0.0698. The predicted molar refractivity (Wildman–Crippen MR) is 58.5 cm³/mol. The van der Waals surface area contributed by atoms with Gasteiger partial charge in [0.15, 0.2) is 15.7 Å². The lowest BCUT2D eigenvalue weighted by Crippen LogP contribution is -1.99. The number of carboxylic acids is 1. The highest BCUT2D eigenvalue weighted by Gasteiger charge is 2.23. The first-order valence-electron chi connectivity index (χ1n) is 3.95. The molecule has 0 aliphatic rings. The van der Waals surface area contributed by atoms with Crippen molar-refractivity contribution >= 4 is 28.9 Å². The molecule has 0 saturated heterocycles. The maximum absolute atomic E-state index is 10.9. The van der Waals surface area contributed by atoms with E-state index in [1.807, 2.05) is 0 Å². The molecule has 0 radical (unpaired) electrons. The third kappa shape index (κ3) is 2.43. The molecule has 1 aromatic rings. The molecule has 15 heavy (non-hydrogen) atoms. The SMILES string of the molecule is C=CCOc1c(C(=O)O)sc(OC)c1Cl. The van der Waals surface area contributed by atoms with Gasteiger partial charge in [0.2, 0.25) is 0 Å². The summed E-state index contributed by atoms with van der Waals surface area (Å²) in [4.78, 5) is 10.9. The fourth-order valence-corrected chi connectivity index (χ4v) is 2.11. The van der Waals surface area contributed by atoms with Crippen molar-refractivity contribution in [3.63, 3.8) is 0 Å². The summed E-state index contributed by atoms with van der Waals surface area (Å²) in [5, 5.41) is 9.40. The summed E-state index contributed by atoms with van der Waals surface area (Å²) in [6.45, 7) is 3.66. The maximum Gasteiger partial charge on any atom is 0.349 e. The highest BCUT2D eigenvalue weighted by molar-refractivity contribution is 7.16. The number of halogens is 1. The summed E-state index contributed by atoms with van der Waals surface area (Å²) in [6, 6.07) is 0. The molecule has 1 rings (SSSR count). The van der Waals surface area contributed by atoms with Crippen LogP contribution in [0.4, 0.5) is 0 Å². The zero-order chi connectivity index (χ0) is 11.4. The van der Waals surface area contributed by atoms with Crippen LogP contribution in [0.5, 0.6) is 10.8 Å². The molecule has 4 nitrogen and oxygen atoms in total. The number of methoxy groups -OCH3 is 1. The lowest BCUT2D eigenvalue weighted by Gasteiger charge is -2.02. The van der Waals surface area contributed by atoms with E-state index in [0.717, 1.165) is 11.3 Å². The molecule has 0 bridgehead atoms. The van der Waals surface area contributed by atoms with Crippen LogP contribution in [0.2, 0.25) is 5.02 Å². The van der Waals surface area contributed by atoms with Crippen molar-refractivity contribution in [3.8, 4) is 10.8 Å². The highest BCUT2D eigenvalue weighted by Crippen LogP contribution is 2.44. The van der Waals surface area contributed by atoms with E-state index < -0.39 is 5.97 Å². The molecule has 0 unspecified atom stereocenters. The molecule has 0 amide bonds. The molecule has 0 aliphatic heterocycles. The Bertz CT molecular complexity index is 386. The Balaban J connectivity index is 3.13. The summed E-state index contributed by atoms with van der Waals surface area (Å²) < 4.78 is 10.1. The average Bonchev–Trinajstić information content (AvgIpc) is 2.52. The van der Waals surface area contributed by atoms with Gasteiger partial charge in [0.1, 0.15) is 11.6 Å². The minimum absolute atomic E-state index is 0.0266. The van der Waals surface area contributed by atoms with Gasteiger partial charge in [0.05, 0.1) is 7.11 Å². The van der Waals surface area contributed by atoms with Gasteiger partial charge in [-0.3, -0.25) is 0 Å². The molecular weight excluding hydrogens is 240 g/mol. The van der Waals surface area contributed by atoms with Crippen molar-refractivity contribution in [2.45, 2.75) is 0 Å². The Labute approximate surface area is 95.7 Å². The molecule has 0 aliphatic carbocycles. The minimum atomic E-state index is -1.09. The lowest BCUT2D eigenvalue weighted by atomic mass is 10.4. The Morgan fingerprint density at radius 1 is 1.73 bits per heavy atom. The second-order valence-electron chi connectivity index (χ2n) is 2.47. The van der Waals surface area contributed by atoms with E-state index in [-0.39, 0.29) is 22.3 Å². The van der Waals surface area contributed by atoms with Crippen LogP contribution in [-0.2, 0) is 0 Å². The van der Waals surface area contributed by atoms with Gasteiger partial charge in [0, 0.05) is 0 Å². The molecule has 1 N–H and O–H groups in total. The first-order chi connectivity index (χ1) is 7.11. The maximum atomic E-state index is 10.9. The topological polar surface area (TPSA) is 55.8 Å². The number of hydrogen-bond donors (Lipinski definition) is 1. The molecule has 1 aromatic heterocycles. The minimum Gasteiger partial charge on any atom is -0.486 e. The van der Waals surface area contributed by atoms with Crippen molar-refractivity contribution in [1.29, 1.82) is 0 Å². The van der Waals surface area contributed by atoms with Crippen LogP contribution in [0.3, 0.4) is 0 Å². The van der Waals surface area contributed by atoms with Gasteiger partial charge in [0.25, 0.3) is 0 Å².